The summed E-state index contributed by atoms with van der Waals surface area (Å²) in [6, 6.07) is 6.36. The van der Waals surface area contributed by atoms with Gasteiger partial charge < -0.3 is 10.2 Å². The van der Waals surface area contributed by atoms with E-state index in [1.807, 2.05) is 0 Å². The van der Waals surface area contributed by atoms with Crippen molar-refractivity contribution in [2.75, 3.05) is 18.8 Å². The van der Waals surface area contributed by atoms with Gasteiger partial charge in [0.05, 0.1) is 6.04 Å². The minimum atomic E-state index is -0.264. The SMILES string of the molecule is O=C(CCN1CCSC1=O)N[C@H](c1ccc(F)cc1)C1CCCC1. The summed E-state index contributed by atoms with van der Waals surface area (Å²) in [5.74, 6) is 0.908. The highest BCUT2D eigenvalue weighted by molar-refractivity contribution is 8.13. The Morgan fingerprint density at radius 3 is 2.62 bits per heavy atom. The third-order valence-electron chi connectivity index (χ3n) is 4.87. The molecule has 0 radical (unpaired) electrons. The van der Waals surface area contributed by atoms with E-state index in [0.29, 0.717) is 18.9 Å². The molecule has 1 aromatic rings. The fourth-order valence-corrected chi connectivity index (χ4v) is 4.40. The monoisotopic (exact) mass is 350 g/mol. The van der Waals surface area contributed by atoms with Crippen LogP contribution in [0, 0.1) is 11.7 Å². The lowest BCUT2D eigenvalue weighted by molar-refractivity contribution is -0.122. The Balaban J connectivity index is 1.61. The lowest BCUT2D eigenvalue weighted by atomic mass is 9.91. The largest absolute Gasteiger partial charge is 0.349 e. The highest BCUT2D eigenvalue weighted by Crippen LogP contribution is 2.35. The Morgan fingerprint density at radius 1 is 1.29 bits per heavy atom. The average Bonchev–Trinajstić information content (AvgIpc) is 3.23. The fourth-order valence-electron chi connectivity index (χ4n) is 3.55. The van der Waals surface area contributed by atoms with Gasteiger partial charge in [0.15, 0.2) is 0 Å². The highest BCUT2D eigenvalue weighted by Gasteiger charge is 2.28. The maximum absolute atomic E-state index is 13.2. The van der Waals surface area contributed by atoms with Crippen molar-refractivity contribution in [1.82, 2.24) is 10.2 Å². The number of thioether (sulfide) groups is 1. The van der Waals surface area contributed by atoms with Gasteiger partial charge in [-0.1, -0.05) is 36.7 Å². The Hall–Kier alpha value is -1.56. The number of benzene rings is 1. The molecule has 130 valence electrons. The molecule has 1 aliphatic heterocycles. The van der Waals surface area contributed by atoms with Gasteiger partial charge in [-0.25, -0.2) is 4.39 Å². The van der Waals surface area contributed by atoms with Crippen molar-refractivity contribution in [1.29, 1.82) is 0 Å². The van der Waals surface area contributed by atoms with E-state index in [0.717, 1.165) is 30.7 Å². The number of carbonyl (C=O) groups excluding carboxylic acids is 2. The summed E-state index contributed by atoms with van der Waals surface area (Å²) in [4.78, 5) is 25.7. The normalized spacial score (nSPS) is 19.7. The number of nitrogens with one attached hydrogen (secondary N) is 1. The second kappa shape index (κ2) is 8.01. The van der Waals surface area contributed by atoms with E-state index in [-0.39, 0.29) is 23.0 Å². The van der Waals surface area contributed by atoms with Crippen LogP contribution in [0.1, 0.15) is 43.7 Å². The molecule has 2 aliphatic rings. The first-order chi connectivity index (χ1) is 11.6. The molecule has 1 saturated carbocycles. The molecule has 2 amide bonds. The second-order valence-electron chi connectivity index (χ2n) is 6.49. The van der Waals surface area contributed by atoms with Crippen LogP contribution in [0.2, 0.25) is 0 Å². The van der Waals surface area contributed by atoms with Crippen LogP contribution in [0.15, 0.2) is 24.3 Å². The van der Waals surface area contributed by atoms with Crippen LogP contribution in [0.4, 0.5) is 9.18 Å². The summed E-state index contributed by atoms with van der Waals surface area (Å²) in [5, 5.41) is 3.19. The van der Waals surface area contributed by atoms with Crippen LogP contribution in [0.3, 0.4) is 0 Å². The minimum absolute atomic E-state index is 0.0408. The molecular weight excluding hydrogens is 327 g/mol. The molecule has 3 rings (SSSR count). The number of rotatable bonds is 6. The molecule has 24 heavy (non-hydrogen) atoms. The van der Waals surface area contributed by atoms with Gasteiger partial charge >= 0.3 is 0 Å². The number of amides is 2. The third-order valence-corrected chi connectivity index (χ3v) is 5.76. The van der Waals surface area contributed by atoms with Gasteiger partial charge in [0.1, 0.15) is 5.82 Å². The van der Waals surface area contributed by atoms with E-state index in [1.54, 1.807) is 17.0 Å². The van der Waals surface area contributed by atoms with Gasteiger partial charge in [-0.3, -0.25) is 9.59 Å². The van der Waals surface area contributed by atoms with Crippen LogP contribution in [-0.2, 0) is 4.79 Å². The number of halogens is 1. The molecule has 6 heteroatoms. The van der Waals surface area contributed by atoms with Gasteiger partial charge in [0.25, 0.3) is 5.24 Å². The molecule has 4 nitrogen and oxygen atoms in total. The predicted molar refractivity (Wildman–Crippen MR) is 93.3 cm³/mol. The van der Waals surface area contributed by atoms with Crippen LogP contribution in [-0.4, -0.2) is 34.9 Å². The lowest BCUT2D eigenvalue weighted by Crippen LogP contribution is -2.35. The number of hydrogen-bond donors (Lipinski definition) is 1. The van der Waals surface area contributed by atoms with E-state index in [2.05, 4.69) is 5.32 Å². The molecule has 1 heterocycles. The van der Waals surface area contributed by atoms with Gasteiger partial charge in [-0.15, -0.1) is 0 Å². The maximum Gasteiger partial charge on any atom is 0.281 e. The second-order valence-corrected chi connectivity index (χ2v) is 7.54. The average molecular weight is 350 g/mol. The van der Waals surface area contributed by atoms with Crippen LogP contribution >= 0.6 is 11.8 Å². The summed E-state index contributed by atoms with van der Waals surface area (Å²) in [7, 11) is 0. The minimum Gasteiger partial charge on any atom is -0.349 e. The smallest absolute Gasteiger partial charge is 0.281 e. The fraction of sp³-hybridized carbons (Fsp3) is 0.556. The lowest BCUT2D eigenvalue weighted by Gasteiger charge is -2.26. The first-order valence-electron chi connectivity index (χ1n) is 8.60. The first-order valence-corrected chi connectivity index (χ1v) is 9.58. The number of carbonyl (C=O) groups is 2. The molecule has 0 unspecified atom stereocenters. The van der Waals surface area contributed by atoms with Crippen LogP contribution in [0.5, 0.6) is 0 Å². The zero-order valence-electron chi connectivity index (χ0n) is 13.7. The van der Waals surface area contributed by atoms with Crippen LogP contribution < -0.4 is 5.32 Å². The first kappa shape index (κ1) is 17.3. The van der Waals surface area contributed by atoms with E-state index in [9.17, 15) is 14.0 Å². The van der Waals surface area contributed by atoms with E-state index in [4.69, 9.17) is 0 Å². The topological polar surface area (TPSA) is 49.4 Å². The molecule has 0 spiro atoms. The number of hydrogen-bond acceptors (Lipinski definition) is 3. The predicted octanol–water partition coefficient (Wildman–Crippen LogP) is 3.73. The van der Waals surface area contributed by atoms with Crippen molar-refractivity contribution in [3.8, 4) is 0 Å². The summed E-state index contributed by atoms with van der Waals surface area (Å²) < 4.78 is 13.2. The van der Waals surface area contributed by atoms with Crippen molar-refractivity contribution >= 4 is 22.9 Å². The summed E-state index contributed by atoms with van der Waals surface area (Å²) in [6.07, 6.45) is 4.85. The standard InChI is InChI=1S/C18H23FN2O2S/c19-15-7-5-14(6-8-15)17(13-3-1-2-4-13)20-16(22)9-10-21-11-12-24-18(21)23/h5-8,13,17H,1-4,9-12H2,(H,20,22)/t17-/m0/s1. The van der Waals surface area contributed by atoms with Crippen molar-refractivity contribution in [2.45, 2.75) is 38.1 Å². The summed E-state index contributed by atoms with van der Waals surface area (Å²) in [6.45, 7) is 1.19. The van der Waals surface area contributed by atoms with E-state index < -0.39 is 0 Å². The number of nitrogens with zero attached hydrogens (tertiary/aromatic N) is 1. The molecule has 1 saturated heterocycles. The van der Waals surface area contributed by atoms with E-state index in [1.165, 1.54) is 36.7 Å². The zero-order chi connectivity index (χ0) is 16.9. The molecule has 1 atom stereocenters. The highest BCUT2D eigenvalue weighted by atomic mass is 32.2. The molecule has 0 bridgehead atoms. The van der Waals surface area contributed by atoms with Gasteiger partial charge in [0, 0.05) is 25.3 Å². The van der Waals surface area contributed by atoms with Gasteiger partial charge in [0.2, 0.25) is 5.91 Å². The van der Waals surface area contributed by atoms with Gasteiger partial charge in [-0.05, 0) is 36.5 Å². The van der Waals surface area contributed by atoms with Crippen molar-refractivity contribution in [2.24, 2.45) is 5.92 Å². The Morgan fingerprint density at radius 2 is 2.00 bits per heavy atom. The van der Waals surface area contributed by atoms with Crippen LogP contribution in [0.25, 0.3) is 0 Å². The Bertz CT molecular complexity index is 587. The molecule has 1 N–H and O–H groups in total. The molecule has 1 aliphatic carbocycles. The van der Waals surface area contributed by atoms with Crippen molar-refractivity contribution in [3.05, 3.63) is 35.6 Å². The molecular formula is C18H23FN2O2S. The zero-order valence-corrected chi connectivity index (χ0v) is 14.5. The molecule has 1 aromatic carbocycles. The van der Waals surface area contributed by atoms with E-state index >= 15 is 0 Å². The molecule has 0 aromatic heterocycles. The Kier molecular flexibility index (Phi) is 5.76. The molecule has 2 fully saturated rings. The summed E-state index contributed by atoms with van der Waals surface area (Å²) in [5.41, 5.74) is 0.962. The summed E-state index contributed by atoms with van der Waals surface area (Å²) >= 11 is 1.31. The van der Waals surface area contributed by atoms with Crippen molar-refractivity contribution in [3.63, 3.8) is 0 Å². The maximum atomic E-state index is 13.2. The van der Waals surface area contributed by atoms with Gasteiger partial charge in [-0.2, -0.15) is 0 Å². The third kappa shape index (κ3) is 4.29. The Labute approximate surface area is 146 Å². The van der Waals surface area contributed by atoms with Crippen molar-refractivity contribution < 1.29 is 14.0 Å². The quantitative estimate of drug-likeness (QED) is 0.850.